The van der Waals surface area contributed by atoms with E-state index in [9.17, 15) is 4.79 Å². The van der Waals surface area contributed by atoms with E-state index in [0.717, 1.165) is 37.7 Å². The van der Waals surface area contributed by atoms with Crippen molar-refractivity contribution in [2.24, 2.45) is 0 Å². The number of carbonyl (C=O) groups excluding carboxylic acids is 1. The standard InChI is InChI=1S/C13H21N3O2S/c1-10(13(17)18-3)16-6-4-15(5-7-16)9-12-8-14-11(2)19-12/h8,10H,4-7,9H2,1-3H3. The summed E-state index contributed by atoms with van der Waals surface area (Å²) in [6, 6.07) is -0.141. The minimum Gasteiger partial charge on any atom is -0.468 e. The lowest BCUT2D eigenvalue weighted by atomic mass is 10.2. The number of aromatic nitrogens is 1. The van der Waals surface area contributed by atoms with Crippen LogP contribution in [0.15, 0.2) is 6.20 Å². The topological polar surface area (TPSA) is 45.7 Å². The van der Waals surface area contributed by atoms with Crippen LogP contribution >= 0.6 is 11.3 Å². The van der Waals surface area contributed by atoms with Gasteiger partial charge >= 0.3 is 5.97 Å². The van der Waals surface area contributed by atoms with Crippen molar-refractivity contribution in [3.63, 3.8) is 0 Å². The smallest absolute Gasteiger partial charge is 0.322 e. The van der Waals surface area contributed by atoms with Gasteiger partial charge in [0.05, 0.1) is 12.1 Å². The summed E-state index contributed by atoms with van der Waals surface area (Å²) in [6.45, 7) is 8.70. The van der Waals surface area contributed by atoms with E-state index in [1.165, 1.54) is 12.0 Å². The molecule has 2 rings (SSSR count). The van der Waals surface area contributed by atoms with Gasteiger partial charge in [0.25, 0.3) is 0 Å². The van der Waals surface area contributed by atoms with E-state index in [1.807, 2.05) is 20.0 Å². The second-order valence-electron chi connectivity index (χ2n) is 4.86. The predicted octanol–water partition coefficient (Wildman–Crippen LogP) is 1.13. The normalized spacial score (nSPS) is 19.3. The van der Waals surface area contributed by atoms with E-state index in [4.69, 9.17) is 4.74 Å². The average molecular weight is 283 g/mol. The first-order chi connectivity index (χ1) is 9.10. The van der Waals surface area contributed by atoms with Crippen LogP contribution in [0, 0.1) is 6.92 Å². The number of ether oxygens (including phenoxy) is 1. The summed E-state index contributed by atoms with van der Waals surface area (Å²) in [5.74, 6) is -0.147. The molecule has 1 unspecified atom stereocenters. The van der Waals surface area contributed by atoms with Crippen molar-refractivity contribution in [2.75, 3.05) is 33.3 Å². The summed E-state index contributed by atoms with van der Waals surface area (Å²) >= 11 is 1.76. The van der Waals surface area contributed by atoms with Crippen LogP contribution in [0.1, 0.15) is 16.8 Å². The predicted molar refractivity (Wildman–Crippen MR) is 75.2 cm³/mol. The lowest BCUT2D eigenvalue weighted by Crippen LogP contribution is -2.51. The molecule has 1 saturated heterocycles. The second kappa shape index (κ2) is 6.45. The third kappa shape index (κ3) is 3.75. The number of methoxy groups -OCH3 is 1. The Morgan fingerprint density at radius 2 is 2.16 bits per heavy atom. The number of esters is 1. The Morgan fingerprint density at radius 1 is 1.47 bits per heavy atom. The van der Waals surface area contributed by atoms with Crippen LogP contribution in [0.2, 0.25) is 0 Å². The van der Waals surface area contributed by atoms with E-state index >= 15 is 0 Å². The summed E-state index contributed by atoms with van der Waals surface area (Å²) in [5.41, 5.74) is 0. The van der Waals surface area contributed by atoms with Crippen LogP contribution in [0.3, 0.4) is 0 Å². The molecule has 0 amide bonds. The van der Waals surface area contributed by atoms with Crippen molar-refractivity contribution in [1.82, 2.24) is 14.8 Å². The zero-order chi connectivity index (χ0) is 13.8. The van der Waals surface area contributed by atoms with Gasteiger partial charge in [-0.05, 0) is 13.8 Å². The molecule has 2 heterocycles. The molecule has 0 bridgehead atoms. The molecule has 1 aromatic rings. The molecule has 1 aromatic heterocycles. The first-order valence-electron chi connectivity index (χ1n) is 6.55. The zero-order valence-electron chi connectivity index (χ0n) is 11.8. The number of rotatable bonds is 4. The van der Waals surface area contributed by atoms with Crippen molar-refractivity contribution in [1.29, 1.82) is 0 Å². The summed E-state index contributed by atoms with van der Waals surface area (Å²) in [6.07, 6.45) is 1.96. The van der Waals surface area contributed by atoms with E-state index in [2.05, 4.69) is 14.8 Å². The maximum atomic E-state index is 11.5. The van der Waals surface area contributed by atoms with Gasteiger partial charge in [-0.3, -0.25) is 14.6 Å². The number of thiazole rings is 1. The fourth-order valence-corrected chi connectivity index (χ4v) is 3.16. The molecule has 0 N–H and O–H groups in total. The van der Waals surface area contributed by atoms with E-state index in [-0.39, 0.29) is 12.0 Å². The SMILES string of the molecule is COC(=O)C(C)N1CCN(Cc2cnc(C)s2)CC1. The first kappa shape index (κ1) is 14.4. The highest BCUT2D eigenvalue weighted by Crippen LogP contribution is 2.16. The van der Waals surface area contributed by atoms with E-state index < -0.39 is 0 Å². The Hall–Kier alpha value is -0.980. The van der Waals surface area contributed by atoms with Crippen LogP contribution in [-0.4, -0.2) is 60.1 Å². The van der Waals surface area contributed by atoms with Gasteiger partial charge in [0.2, 0.25) is 0 Å². The Bertz CT molecular complexity index is 427. The van der Waals surface area contributed by atoms with Crippen LogP contribution in [0.5, 0.6) is 0 Å². The van der Waals surface area contributed by atoms with Gasteiger partial charge in [0.15, 0.2) is 0 Å². The van der Waals surface area contributed by atoms with Crippen LogP contribution < -0.4 is 0 Å². The van der Waals surface area contributed by atoms with Crippen molar-refractivity contribution in [3.8, 4) is 0 Å². The minimum absolute atomic E-state index is 0.141. The molecule has 1 fully saturated rings. The number of aryl methyl sites for hydroxylation is 1. The summed E-state index contributed by atoms with van der Waals surface area (Å²) in [4.78, 5) is 21.7. The molecule has 0 saturated carbocycles. The molecule has 1 aliphatic heterocycles. The van der Waals surface area contributed by atoms with Crippen molar-refractivity contribution in [2.45, 2.75) is 26.4 Å². The van der Waals surface area contributed by atoms with Crippen LogP contribution in [-0.2, 0) is 16.1 Å². The Kier molecular flexibility index (Phi) is 4.90. The van der Waals surface area contributed by atoms with Crippen LogP contribution in [0.4, 0.5) is 0 Å². The molecule has 0 radical (unpaired) electrons. The third-order valence-corrected chi connectivity index (χ3v) is 4.44. The quantitative estimate of drug-likeness (QED) is 0.775. The molecule has 0 spiro atoms. The van der Waals surface area contributed by atoms with Gasteiger partial charge in [0, 0.05) is 43.8 Å². The van der Waals surface area contributed by atoms with Gasteiger partial charge < -0.3 is 4.74 Å². The molecule has 0 aromatic carbocycles. The maximum Gasteiger partial charge on any atom is 0.322 e. The fourth-order valence-electron chi connectivity index (χ4n) is 2.33. The maximum absolute atomic E-state index is 11.5. The highest BCUT2D eigenvalue weighted by Gasteiger charge is 2.26. The number of hydrogen-bond donors (Lipinski definition) is 0. The highest BCUT2D eigenvalue weighted by molar-refractivity contribution is 7.11. The number of hydrogen-bond acceptors (Lipinski definition) is 6. The van der Waals surface area contributed by atoms with Gasteiger partial charge in [-0.1, -0.05) is 0 Å². The Balaban J connectivity index is 1.80. The largest absolute Gasteiger partial charge is 0.468 e. The first-order valence-corrected chi connectivity index (χ1v) is 7.37. The Labute approximate surface area is 118 Å². The molecule has 1 aliphatic rings. The monoisotopic (exact) mass is 283 g/mol. The van der Waals surface area contributed by atoms with E-state index in [1.54, 1.807) is 11.3 Å². The number of nitrogens with zero attached hydrogens (tertiary/aromatic N) is 3. The highest BCUT2D eigenvalue weighted by atomic mass is 32.1. The van der Waals surface area contributed by atoms with Crippen molar-refractivity contribution >= 4 is 17.3 Å². The lowest BCUT2D eigenvalue weighted by molar-refractivity contribution is -0.147. The number of carbonyl (C=O) groups is 1. The molecule has 19 heavy (non-hydrogen) atoms. The fraction of sp³-hybridized carbons (Fsp3) is 0.692. The molecule has 1 atom stereocenters. The van der Waals surface area contributed by atoms with Crippen molar-refractivity contribution < 1.29 is 9.53 Å². The van der Waals surface area contributed by atoms with Gasteiger partial charge in [0.1, 0.15) is 6.04 Å². The van der Waals surface area contributed by atoms with Crippen molar-refractivity contribution in [3.05, 3.63) is 16.1 Å². The van der Waals surface area contributed by atoms with Gasteiger partial charge in [-0.2, -0.15) is 0 Å². The summed E-state index contributed by atoms with van der Waals surface area (Å²) < 4.78 is 4.79. The molecule has 5 nitrogen and oxygen atoms in total. The summed E-state index contributed by atoms with van der Waals surface area (Å²) in [7, 11) is 1.45. The lowest BCUT2D eigenvalue weighted by Gasteiger charge is -2.36. The molecular weight excluding hydrogens is 262 g/mol. The second-order valence-corrected chi connectivity index (χ2v) is 6.18. The van der Waals surface area contributed by atoms with Gasteiger partial charge in [-0.15, -0.1) is 11.3 Å². The van der Waals surface area contributed by atoms with Crippen LogP contribution in [0.25, 0.3) is 0 Å². The average Bonchev–Trinajstić information content (AvgIpc) is 2.83. The zero-order valence-corrected chi connectivity index (χ0v) is 12.6. The third-order valence-electron chi connectivity index (χ3n) is 3.55. The summed E-state index contributed by atoms with van der Waals surface area (Å²) in [5, 5.41) is 1.12. The van der Waals surface area contributed by atoms with Gasteiger partial charge in [-0.25, -0.2) is 4.98 Å². The number of piperazine rings is 1. The minimum atomic E-state index is -0.147. The molecule has 106 valence electrons. The molecule has 0 aliphatic carbocycles. The molecule has 6 heteroatoms. The molecular formula is C13H21N3O2S. The Morgan fingerprint density at radius 3 is 2.68 bits per heavy atom. The van der Waals surface area contributed by atoms with E-state index in [0.29, 0.717) is 0 Å².